The minimum atomic E-state index is -0.198. The van der Waals surface area contributed by atoms with Crippen molar-refractivity contribution in [3.63, 3.8) is 0 Å². The van der Waals surface area contributed by atoms with Crippen LogP contribution in [0.2, 0.25) is 5.02 Å². The number of ketones is 1. The summed E-state index contributed by atoms with van der Waals surface area (Å²) in [6.07, 6.45) is 1.25. The minimum absolute atomic E-state index is 0.0483. The van der Waals surface area contributed by atoms with E-state index in [2.05, 4.69) is 5.32 Å². The van der Waals surface area contributed by atoms with Gasteiger partial charge in [-0.15, -0.1) is 0 Å². The molecule has 0 aliphatic carbocycles. The van der Waals surface area contributed by atoms with Crippen molar-refractivity contribution in [1.29, 1.82) is 0 Å². The van der Waals surface area contributed by atoms with Crippen LogP contribution in [0.5, 0.6) is 5.75 Å². The average molecular weight is 346 g/mol. The van der Waals surface area contributed by atoms with Crippen LogP contribution in [0.4, 0.5) is 0 Å². The molecule has 0 bridgehead atoms. The Bertz CT molecular complexity index is 698. The van der Waals surface area contributed by atoms with Gasteiger partial charge in [0.1, 0.15) is 11.5 Å². The largest absolute Gasteiger partial charge is 0.484 e. The van der Waals surface area contributed by atoms with Gasteiger partial charge in [0.05, 0.1) is 0 Å². The van der Waals surface area contributed by atoms with Gasteiger partial charge < -0.3 is 14.8 Å². The maximum absolute atomic E-state index is 11.8. The number of carbonyl (C=O) groups excluding carboxylic acids is 2. The van der Waals surface area contributed by atoms with Crippen molar-refractivity contribution < 1.29 is 14.3 Å². The number of aryl methyl sites for hydroxylation is 1. The Morgan fingerprint density at radius 2 is 1.83 bits per heavy atom. The minimum Gasteiger partial charge on any atom is -0.484 e. The van der Waals surface area contributed by atoms with Crippen LogP contribution in [0, 0.1) is 0 Å². The number of hydrogen-bond donors (Lipinski definition) is 1. The van der Waals surface area contributed by atoms with Crippen LogP contribution < -0.4 is 10.1 Å². The van der Waals surface area contributed by atoms with Gasteiger partial charge in [-0.2, -0.15) is 0 Å². The molecule has 0 aliphatic heterocycles. The highest BCUT2D eigenvalue weighted by atomic mass is 35.5. The van der Waals surface area contributed by atoms with Crippen LogP contribution in [-0.4, -0.2) is 18.3 Å². The molecule has 0 fully saturated rings. The number of nitrogens with one attached hydrogen (secondary N) is 1. The zero-order valence-corrected chi connectivity index (χ0v) is 14.3. The molecule has 5 heteroatoms. The summed E-state index contributed by atoms with van der Waals surface area (Å²) in [5.74, 6) is 0.599. The summed E-state index contributed by atoms with van der Waals surface area (Å²) in [7, 11) is 0. The van der Waals surface area contributed by atoms with Crippen LogP contribution in [-0.2, 0) is 22.6 Å². The van der Waals surface area contributed by atoms with E-state index in [1.54, 1.807) is 25.1 Å². The van der Waals surface area contributed by atoms with E-state index in [4.69, 9.17) is 16.3 Å². The lowest BCUT2D eigenvalue weighted by Crippen LogP contribution is -2.28. The molecule has 0 unspecified atom stereocenters. The molecule has 0 heterocycles. The summed E-state index contributed by atoms with van der Waals surface area (Å²) in [5.41, 5.74) is 2.01. The number of rotatable bonds is 8. The fourth-order valence-electron chi connectivity index (χ4n) is 2.12. The molecule has 0 saturated carbocycles. The number of amides is 1. The highest BCUT2D eigenvalue weighted by Gasteiger charge is 2.04. The molecule has 0 aliphatic rings. The molecule has 0 aromatic heterocycles. The van der Waals surface area contributed by atoms with Crippen molar-refractivity contribution in [3.05, 3.63) is 64.7 Å². The molecule has 126 valence electrons. The number of Topliss-reactive ketones (excluding diaryl/α,β-unsaturated/α-hetero) is 1. The van der Waals surface area contributed by atoms with Gasteiger partial charge in [-0.3, -0.25) is 4.79 Å². The Labute approximate surface area is 146 Å². The molecule has 0 radical (unpaired) electrons. The van der Waals surface area contributed by atoms with Crippen LogP contribution >= 0.6 is 11.6 Å². The van der Waals surface area contributed by atoms with Crippen molar-refractivity contribution in [2.45, 2.75) is 26.3 Å². The molecule has 0 atom stereocenters. The molecule has 0 spiro atoms. The lowest BCUT2D eigenvalue weighted by molar-refractivity contribution is -0.123. The standard InChI is InChI=1S/C19H20ClNO3/c1-14(22)5-6-15-7-9-18(10-8-15)24-13-19(23)21-12-16-3-2-4-17(20)11-16/h2-4,7-11H,5-6,12-13H2,1H3,(H,21,23). The van der Waals surface area contributed by atoms with E-state index in [1.165, 1.54) is 0 Å². The molecule has 4 nitrogen and oxygen atoms in total. The van der Waals surface area contributed by atoms with Crippen molar-refractivity contribution in [3.8, 4) is 5.75 Å². The quantitative estimate of drug-likeness (QED) is 0.796. The molecule has 2 rings (SSSR count). The van der Waals surface area contributed by atoms with Gasteiger partial charge >= 0.3 is 0 Å². The second kappa shape index (κ2) is 9.08. The van der Waals surface area contributed by atoms with E-state index in [0.29, 0.717) is 23.7 Å². The van der Waals surface area contributed by atoms with Gasteiger partial charge in [-0.1, -0.05) is 35.9 Å². The first kappa shape index (κ1) is 18.0. The highest BCUT2D eigenvalue weighted by molar-refractivity contribution is 6.30. The number of benzene rings is 2. The Morgan fingerprint density at radius 3 is 2.50 bits per heavy atom. The van der Waals surface area contributed by atoms with Gasteiger partial charge in [0.15, 0.2) is 6.61 Å². The fraction of sp³-hybridized carbons (Fsp3) is 0.263. The summed E-state index contributed by atoms with van der Waals surface area (Å²) in [4.78, 5) is 22.8. The van der Waals surface area contributed by atoms with Crippen molar-refractivity contribution >= 4 is 23.3 Å². The maximum atomic E-state index is 11.8. The highest BCUT2D eigenvalue weighted by Crippen LogP contribution is 2.13. The second-order valence-corrected chi connectivity index (χ2v) is 5.98. The van der Waals surface area contributed by atoms with E-state index >= 15 is 0 Å². The third-order valence-electron chi connectivity index (χ3n) is 3.44. The van der Waals surface area contributed by atoms with Crippen LogP contribution in [0.15, 0.2) is 48.5 Å². The number of halogens is 1. The van der Waals surface area contributed by atoms with Gasteiger partial charge in [0, 0.05) is 18.0 Å². The molecule has 0 saturated heterocycles. The zero-order valence-electron chi connectivity index (χ0n) is 13.5. The van der Waals surface area contributed by atoms with Gasteiger partial charge in [0.2, 0.25) is 0 Å². The first-order chi connectivity index (χ1) is 11.5. The SMILES string of the molecule is CC(=O)CCc1ccc(OCC(=O)NCc2cccc(Cl)c2)cc1. The second-order valence-electron chi connectivity index (χ2n) is 5.54. The average Bonchev–Trinajstić information content (AvgIpc) is 2.57. The van der Waals surface area contributed by atoms with Crippen LogP contribution in [0.3, 0.4) is 0 Å². The molecule has 2 aromatic carbocycles. The number of carbonyl (C=O) groups is 2. The van der Waals surface area contributed by atoms with E-state index in [-0.39, 0.29) is 18.3 Å². The predicted octanol–water partition coefficient (Wildman–Crippen LogP) is 3.56. The lowest BCUT2D eigenvalue weighted by atomic mass is 10.1. The van der Waals surface area contributed by atoms with Gasteiger partial charge in [-0.05, 0) is 48.7 Å². The molecular formula is C19H20ClNO3. The zero-order chi connectivity index (χ0) is 17.4. The molecule has 1 amide bonds. The topological polar surface area (TPSA) is 55.4 Å². The molecule has 1 N–H and O–H groups in total. The molecule has 2 aromatic rings. The third kappa shape index (κ3) is 6.42. The lowest BCUT2D eigenvalue weighted by Gasteiger charge is -2.08. The monoisotopic (exact) mass is 345 g/mol. The van der Waals surface area contributed by atoms with Crippen molar-refractivity contribution in [2.24, 2.45) is 0 Å². The van der Waals surface area contributed by atoms with E-state index in [1.807, 2.05) is 30.3 Å². The van der Waals surface area contributed by atoms with E-state index in [0.717, 1.165) is 17.5 Å². The normalized spacial score (nSPS) is 10.2. The smallest absolute Gasteiger partial charge is 0.258 e. The Morgan fingerprint density at radius 1 is 1.08 bits per heavy atom. The maximum Gasteiger partial charge on any atom is 0.258 e. The van der Waals surface area contributed by atoms with E-state index < -0.39 is 0 Å². The summed E-state index contributed by atoms with van der Waals surface area (Å²) in [6.45, 7) is 1.94. The first-order valence-electron chi connectivity index (χ1n) is 7.75. The first-order valence-corrected chi connectivity index (χ1v) is 8.13. The Balaban J connectivity index is 1.74. The summed E-state index contributed by atoms with van der Waals surface area (Å²) in [5, 5.41) is 3.42. The fourth-order valence-corrected chi connectivity index (χ4v) is 2.33. The number of hydrogen-bond acceptors (Lipinski definition) is 3. The van der Waals surface area contributed by atoms with Gasteiger partial charge in [0.25, 0.3) is 5.91 Å². The van der Waals surface area contributed by atoms with E-state index in [9.17, 15) is 9.59 Å². The molecule has 24 heavy (non-hydrogen) atoms. The van der Waals surface area contributed by atoms with Crippen molar-refractivity contribution in [1.82, 2.24) is 5.32 Å². The van der Waals surface area contributed by atoms with Crippen molar-refractivity contribution in [2.75, 3.05) is 6.61 Å². The van der Waals surface area contributed by atoms with Gasteiger partial charge in [-0.25, -0.2) is 0 Å². The Kier molecular flexibility index (Phi) is 6.82. The summed E-state index contributed by atoms with van der Waals surface area (Å²) >= 11 is 5.90. The van der Waals surface area contributed by atoms with Crippen LogP contribution in [0.25, 0.3) is 0 Å². The summed E-state index contributed by atoms with van der Waals surface area (Å²) in [6, 6.07) is 14.8. The summed E-state index contributed by atoms with van der Waals surface area (Å²) < 4.78 is 5.46. The Hall–Kier alpha value is -2.33. The molecular weight excluding hydrogens is 326 g/mol. The predicted molar refractivity (Wildman–Crippen MR) is 94.2 cm³/mol. The third-order valence-corrected chi connectivity index (χ3v) is 3.67. The number of ether oxygens (including phenoxy) is 1. The van der Waals surface area contributed by atoms with Crippen LogP contribution in [0.1, 0.15) is 24.5 Å².